The van der Waals surface area contributed by atoms with Gasteiger partial charge in [-0.25, -0.2) is 13.4 Å². The van der Waals surface area contributed by atoms with Gasteiger partial charge in [-0.2, -0.15) is 4.31 Å². The van der Waals surface area contributed by atoms with Crippen LogP contribution in [-0.2, 0) is 10.0 Å². The number of aromatic nitrogens is 1. The molecule has 6 nitrogen and oxygen atoms in total. The summed E-state index contributed by atoms with van der Waals surface area (Å²) < 4.78 is 26.1. The zero-order valence-corrected chi connectivity index (χ0v) is 13.3. The van der Waals surface area contributed by atoms with Crippen LogP contribution in [0, 0.1) is 0 Å². The Morgan fingerprint density at radius 1 is 1.19 bits per heavy atom. The number of hydrogen-bond donors (Lipinski definition) is 1. The lowest BCUT2D eigenvalue weighted by Crippen LogP contribution is -2.49. The third-order valence-corrected chi connectivity index (χ3v) is 5.64. The first-order valence-electron chi connectivity index (χ1n) is 7.42. The van der Waals surface area contributed by atoms with E-state index in [4.69, 9.17) is 0 Å². The molecule has 1 N–H and O–H groups in total. The van der Waals surface area contributed by atoms with Crippen molar-refractivity contribution in [1.82, 2.24) is 14.6 Å². The van der Waals surface area contributed by atoms with Crippen molar-refractivity contribution in [2.45, 2.75) is 12.8 Å². The minimum Gasteiger partial charge on any atom is -0.354 e. The maximum atomic E-state index is 12.3. The highest BCUT2D eigenvalue weighted by molar-refractivity contribution is 7.89. The molecule has 0 atom stereocenters. The van der Waals surface area contributed by atoms with E-state index in [0.717, 1.165) is 18.8 Å². The van der Waals surface area contributed by atoms with Gasteiger partial charge in [0.2, 0.25) is 10.0 Å². The molecule has 0 radical (unpaired) electrons. The maximum absolute atomic E-state index is 12.3. The first-order chi connectivity index (χ1) is 10.1. The van der Waals surface area contributed by atoms with Crippen molar-refractivity contribution in [3.63, 3.8) is 0 Å². The Bertz CT molecular complexity index is 513. The van der Waals surface area contributed by atoms with Crippen LogP contribution in [0.1, 0.15) is 12.8 Å². The minimum atomic E-state index is -3.11. The fraction of sp³-hybridized carbons (Fsp3) is 0.643. The zero-order valence-electron chi connectivity index (χ0n) is 12.5. The first-order valence-corrected chi connectivity index (χ1v) is 9.03. The Balaban J connectivity index is 1.83. The molecule has 0 unspecified atom stereocenters. The quantitative estimate of drug-likeness (QED) is 0.744. The van der Waals surface area contributed by atoms with E-state index in [2.05, 4.69) is 15.2 Å². The van der Waals surface area contributed by atoms with E-state index in [1.54, 1.807) is 10.5 Å². The molecule has 0 spiro atoms. The Morgan fingerprint density at radius 3 is 2.57 bits per heavy atom. The van der Waals surface area contributed by atoms with E-state index in [-0.39, 0.29) is 5.75 Å². The van der Waals surface area contributed by atoms with Crippen molar-refractivity contribution in [2.24, 2.45) is 0 Å². The van der Waals surface area contributed by atoms with Gasteiger partial charge in [0.05, 0.1) is 5.75 Å². The molecule has 1 aromatic heterocycles. The smallest absolute Gasteiger partial charge is 0.214 e. The van der Waals surface area contributed by atoms with E-state index in [9.17, 15) is 8.42 Å². The van der Waals surface area contributed by atoms with Crippen LogP contribution in [0.2, 0.25) is 0 Å². The number of anilines is 1. The molecule has 0 aliphatic carbocycles. The normalized spacial score (nSPS) is 17.1. The van der Waals surface area contributed by atoms with Gasteiger partial charge in [0.25, 0.3) is 0 Å². The highest BCUT2D eigenvalue weighted by Crippen LogP contribution is 2.15. The number of pyridine rings is 1. The van der Waals surface area contributed by atoms with Gasteiger partial charge in [-0.3, -0.25) is 0 Å². The van der Waals surface area contributed by atoms with Crippen molar-refractivity contribution >= 4 is 15.8 Å². The van der Waals surface area contributed by atoms with Crippen molar-refractivity contribution in [3.05, 3.63) is 24.4 Å². The molecule has 0 saturated carbocycles. The zero-order chi connectivity index (χ0) is 15.1. The summed E-state index contributed by atoms with van der Waals surface area (Å²) in [5, 5.41) is 3.04. The van der Waals surface area contributed by atoms with Gasteiger partial charge in [0.15, 0.2) is 0 Å². The average Bonchev–Trinajstić information content (AvgIpc) is 2.53. The van der Waals surface area contributed by atoms with E-state index >= 15 is 0 Å². The highest BCUT2D eigenvalue weighted by atomic mass is 32.2. The topological polar surface area (TPSA) is 65.5 Å². The SMILES string of the molecule is CNCCCCS(=O)(=O)N1CCN(c2ccccn2)CC1. The molecule has 21 heavy (non-hydrogen) atoms. The predicted molar refractivity (Wildman–Crippen MR) is 85.0 cm³/mol. The van der Waals surface area contributed by atoms with Crippen LogP contribution < -0.4 is 10.2 Å². The van der Waals surface area contributed by atoms with Gasteiger partial charge < -0.3 is 10.2 Å². The Labute approximate surface area is 127 Å². The summed E-state index contributed by atoms with van der Waals surface area (Å²) >= 11 is 0. The van der Waals surface area contributed by atoms with Crippen LogP contribution in [-0.4, -0.2) is 63.2 Å². The van der Waals surface area contributed by atoms with Crippen LogP contribution >= 0.6 is 0 Å². The largest absolute Gasteiger partial charge is 0.354 e. The second kappa shape index (κ2) is 7.72. The third-order valence-electron chi connectivity index (χ3n) is 3.68. The van der Waals surface area contributed by atoms with Crippen molar-refractivity contribution in [3.8, 4) is 0 Å². The van der Waals surface area contributed by atoms with Crippen LogP contribution in [0.4, 0.5) is 5.82 Å². The van der Waals surface area contributed by atoms with E-state index in [0.29, 0.717) is 32.6 Å². The molecule has 0 bridgehead atoms. The van der Waals surface area contributed by atoms with Gasteiger partial charge >= 0.3 is 0 Å². The summed E-state index contributed by atoms with van der Waals surface area (Å²) in [7, 11) is -1.23. The fourth-order valence-electron chi connectivity index (χ4n) is 2.45. The van der Waals surface area contributed by atoms with Crippen molar-refractivity contribution < 1.29 is 8.42 Å². The summed E-state index contributed by atoms with van der Waals surface area (Å²) in [6.45, 7) is 3.36. The highest BCUT2D eigenvalue weighted by Gasteiger charge is 2.26. The second-order valence-corrected chi connectivity index (χ2v) is 7.29. The van der Waals surface area contributed by atoms with Gasteiger partial charge in [0, 0.05) is 32.4 Å². The molecule has 118 valence electrons. The molecule has 1 fully saturated rings. The Kier molecular flexibility index (Phi) is 5.96. The van der Waals surface area contributed by atoms with Crippen LogP contribution in [0.15, 0.2) is 24.4 Å². The van der Waals surface area contributed by atoms with Gasteiger partial charge in [0.1, 0.15) is 5.82 Å². The number of nitrogens with zero attached hydrogens (tertiary/aromatic N) is 3. The first kappa shape index (κ1) is 16.2. The Morgan fingerprint density at radius 2 is 1.95 bits per heavy atom. The number of sulfonamides is 1. The summed E-state index contributed by atoms with van der Waals surface area (Å²) in [4.78, 5) is 6.44. The van der Waals surface area contributed by atoms with Crippen molar-refractivity contribution in [1.29, 1.82) is 0 Å². The minimum absolute atomic E-state index is 0.248. The fourth-order valence-corrected chi connectivity index (χ4v) is 4.00. The molecule has 1 aliphatic heterocycles. The van der Waals surface area contributed by atoms with Crippen molar-refractivity contribution in [2.75, 3.05) is 50.4 Å². The molecule has 0 amide bonds. The molecule has 1 saturated heterocycles. The summed E-state index contributed by atoms with van der Waals surface area (Å²) in [6, 6.07) is 5.80. The molecule has 1 aromatic rings. The lowest BCUT2D eigenvalue weighted by Gasteiger charge is -2.34. The number of hydrogen-bond acceptors (Lipinski definition) is 5. The molecule has 2 rings (SSSR count). The lowest BCUT2D eigenvalue weighted by molar-refractivity contribution is 0.383. The van der Waals surface area contributed by atoms with E-state index in [1.165, 1.54) is 0 Å². The van der Waals surface area contributed by atoms with Gasteiger partial charge in [-0.05, 0) is 38.6 Å². The molecular weight excluding hydrogens is 288 g/mol. The third kappa shape index (κ3) is 4.66. The molecule has 2 heterocycles. The number of nitrogens with one attached hydrogen (secondary N) is 1. The van der Waals surface area contributed by atoms with Gasteiger partial charge in [-0.15, -0.1) is 0 Å². The maximum Gasteiger partial charge on any atom is 0.214 e. The second-order valence-electron chi connectivity index (χ2n) is 5.20. The molecular formula is C14H24N4O2S. The Hall–Kier alpha value is -1.18. The van der Waals surface area contributed by atoms with Crippen LogP contribution in [0.3, 0.4) is 0 Å². The summed E-state index contributed by atoms with van der Waals surface area (Å²) in [5.41, 5.74) is 0. The van der Waals surface area contributed by atoms with E-state index in [1.807, 2.05) is 25.2 Å². The summed E-state index contributed by atoms with van der Waals surface area (Å²) in [5.74, 6) is 1.17. The van der Waals surface area contributed by atoms with E-state index < -0.39 is 10.0 Å². The average molecular weight is 312 g/mol. The predicted octanol–water partition coefficient (Wildman–Crippen LogP) is 0.533. The number of unbranched alkanes of at least 4 members (excludes halogenated alkanes) is 1. The lowest BCUT2D eigenvalue weighted by atomic mass is 10.3. The summed E-state index contributed by atoms with van der Waals surface area (Å²) in [6.07, 6.45) is 3.37. The van der Waals surface area contributed by atoms with Crippen LogP contribution in [0.25, 0.3) is 0 Å². The molecule has 7 heteroatoms. The number of piperazine rings is 1. The van der Waals surface area contributed by atoms with Gasteiger partial charge in [-0.1, -0.05) is 6.07 Å². The monoisotopic (exact) mass is 312 g/mol. The standard InChI is InChI=1S/C14H24N4O2S/c1-15-7-4-5-13-21(19,20)18-11-9-17(10-12-18)14-6-2-3-8-16-14/h2-3,6,8,15H,4-5,7,9-13H2,1H3. The number of rotatable bonds is 7. The molecule has 0 aromatic carbocycles. The molecule has 1 aliphatic rings. The van der Waals surface area contributed by atoms with Crippen LogP contribution in [0.5, 0.6) is 0 Å².